The monoisotopic (exact) mass is 254 g/mol. The van der Waals surface area contributed by atoms with Gasteiger partial charge in [-0.05, 0) is 41.5 Å². The fourth-order valence-corrected chi connectivity index (χ4v) is 2.98. The zero-order chi connectivity index (χ0) is 14.3. The highest BCUT2D eigenvalue weighted by molar-refractivity contribution is 5.81. The zero-order valence-corrected chi connectivity index (χ0v) is 12.6. The van der Waals surface area contributed by atoms with Crippen molar-refractivity contribution in [1.29, 1.82) is 0 Å². The van der Waals surface area contributed by atoms with Gasteiger partial charge in [0.2, 0.25) is 0 Å². The lowest BCUT2D eigenvalue weighted by atomic mass is 9.91. The average Bonchev–Trinajstić information content (AvgIpc) is 2.85. The van der Waals surface area contributed by atoms with Gasteiger partial charge in [0, 0.05) is 5.92 Å². The molecule has 0 N–H and O–H groups in total. The minimum absolute atomic E-state index is 0.660. The van der Waals surface area contributed by atoms with E-state index in [0.717, 1.165) is 0 Å². The lowest BCUT2D eigenvalue weighted by molar-refractivity contribution is 0.787. The van der Waals surface area contributed by atoms with Gasteiger partial charge in [-0.1, -0.05) is 57.2 Å². The van der Waals surface area contributed by atoms with E-state index in [1.807, 2.05) is 13.8 Å². The van der Waals surface area contributed by atoms with Gasteiger partial charge in [-0.25, -0.2) is 0 Å². The maximum absolute atomic E-state index is 3.00. The molecule has 0 aliphatic heterocycles. The summed E-state index contributed by atoms with van der Waals surface area (Å²) in [5, 5.41) is 0. The first kappa shape index (κ1) is 15.5. The number of hydrogen-bond donors (Lipinski definition) is 0. The highest BCUT2D eigenvalue weighted by Crippen LogP contribution is 2.47. The molecular formula is C19H26. The van der Waals surface area contributed by atoms with Crippen molar-refractivity contribution < 1.29 is 0 Å². The summed E-state index contributed by atoms with van der Waals surface area (Å²) in [6.07, 6.45) is 8.35. The molecule has 0 amide bonds. The maximum atomic E-state index is 3.00. The van der Waals surface area contributed by atoms with Crippen molar-refractivity contribution in [2.75, 3.05) is 0 Å². The van der Waals surface area contributed by atoms with Gasteiger partial charge in [0.15, 0.2) is 0 Å². The van der Waals surface area contributed by atoms with Crippen molar-refractivity contribution >= 4 is 5.57 Å². The molecule has 1 unspecified atom stereocenters. The maximum Gasteiger partial charge on any atom is 0.00955 e. The van der Waals surface area contributed by atoms with Crippen molar-refractivity contribution in [3.8, 4) is 0 Å². The number of rotatable bonds is 1. The Kier molecular flexibility index (Phi) is 6.35. The summed E-state index contributed by atoms with van der Waals surface area (Å²) >= 11 is 0. The van der Waals surface area contributed by atoms with E-state index in [4.69, 9.17) is 0 Å². The molecule has 1 aromatic carbocycles. The fraction of sp³-hybridized carbons (Fsp3) is 0.368. The van der Waals surface area contributed by atoms with Crippen LogP contribution in [0, 0.1) is 0 Å². The van der Waals surface area contributed by atoms with Gasteiger partial charge < -0.3 is 0 Å². The van der Waals surface area contributed by atoms with Crippen LogP contribution in [0.5, 0.6) is 0 Å². The van der Waals surface area contributed by atoms with Crippen LogP contribution in [0.3, 0.4) is 0 Å². The van der Waals surface area contributed by atoms with Gasteiger partial charge in [0.05, 0.1) is 0 Å². The van der Waals surface area contributed by atoms with Crippen LogP contribution >= 0.6 is 0 Å². The van der Waals surface area contributed by atoms with E-state index in [2.05, 4.69) is 56.5 Å². The molecule has 1 aromatic rings. The Morgan fingerprint density at radius 2 is 1.84 bits per heavy atom. The fourth-order valence-electron chi connectivity index (χ4n) is 2.98. The Labute approximate surface area is 118 Å². The predicted molar refractivity (Wildman–Crippen MR) is 87.4 cm³/mol. The molecule has 0 heterocycles. The van der Waals surface area contributed by atoms with Gasteiger partial charge in [-0.3, -0.25) is 0 Å². The second-order valence-electron chi connectivity index (χ2n) is 4.42. The first-order chi connectivity index (χ1) is 9.42. The van der Waals surface area contributed by atoms with Gasteiger partial charge in [-0.2, -0.15) is 0 Å². The normalized spacial score (nSPS) is 18.6. The molecule has 1 atom stereocenters. The molecule has 0 fully saturated rings. The van der Waals surface area contributed by atoms with E-state index < -0.39 is 0 Å². The highest BCUT2D eigenvalue weighted by Gasteiger charge is 2.28. The van der Waals surface area contributed by atoms with E-state index in [1.165, 1.54) is 24.8 Å². The summed E-state index contributed by atoms with van der Waals surface area (Å²) in [6.45, 7) is 12.3. The molecule has 0 radical (unpaired) electrons. The van der Waals surface area contributed by atoms with Crippen molar-refractivity contribution in [2.45, 2.75) is 46.0 Å². The van der Waals surface area contributed by atoms with E-state index in [-0.39, 0.29) is 0 Å². The van der Waals surface area contributed by atoms with Gasteiger partial charge in [-0.15, -0.1) is 13.2 Å². The highest BCUT2D eigenvalue weighted by atomic mass is 14.3. The Hall–Kier alpha value is -1.56. The molecule has 19 heavy (non-hydrogen) atoms. The third-order valence-corrected chi connectivity index (χ3v) is 3.65. The summed E-state index contributed by atoms with van der Waals surface area (Å²) in [7, 11) is 0. The molecule has 0 aromatic heterocycles. The Morgan fingerprint density at radius 3 is 2.53 bits per heavy atom. The van der Waals surface area contributed by atoms with E-state index in [1.54, 1.807) is 16.7 Å². The van der Waals surface area contributed by atoms with Gasteiger partial charge in [0.1, 0.15) is 0 Å². The van der Waals surface area contributed by atoms with Crippen LogP contribution in [0.15, 0.2) is 55.1 Å². The predicted octanol–water partition coefficient (Wildman–Crippen LogP) is 6.13. The second-order valence-corrected chi connectivity index (χ2v) is 4.42. The molecular weight excluding hydrogens is 228 g/mol. The molecule has 0 heteroatoms. The summed E-state index contributed by atoms with van der Waals surface area (Å²) in [6, 6.07) is 8.93. The molecule has 0 nitrogen and oxygen atoms in total. The van der Waals surface area contributed by atoms with Crippen molar-refractivity contribution in [1.82, 2.24) is 0 Å². The lowest BCUT2D eigenvalue weighted by Gasteiger charge is -2.13. The van der Waals surface area contributed by atoms with Crippen LogP contribution in [0.4, 0.5) is 0 Å². The van der Waals surface area contributed by atoms with E-state index in [9.17, 15) is 0 Å². The lowest BCUT2D eigenvalue weighted by Crippen LogP contribution is -1.96. The molecule has 0 saturated heterocycles. The molecule has 0 spiro atoms. The van der Waals surface area contributed by atoms with Crippen LogP contribution in [-0.2, 0) is 0 Å². The van der Waals surface area contributed by atoms with Crippen molar-refractivity contribution in [3.63, 3.8) is 0 Å². The first-order valence-electron chi connectivity index (χ1n) is 7.40. The molecule has 102 valence electrons. The smallest absolute Gasteiger partial charge is 0.00955 e. The molecule has 3 rings (SSSR count). The summed E-state index contributed by atoms with van der Waals surface area (Å²) < 4.78 is 0. The SMILES string of the molecule is C=C.CC.CCC1C2=C(CCC=C2)c2ccccc21. The third kappa shape index (κ3) is 2.89. The third-order valence-electron chi connectivity index (χ3n) is 3.65. The van der Waals surface area contributed by atoms with Gasteiger partial charge >= 0.3 is 0 Å². The van der Waals surface area contributed by atoms with Crippen LogP contribution in [-0.4, -0.2) is 0 Å². The van der Waals surface area contributed by atoms with Crippen LogP contribution < -0.4 is 0 Å². The number of hydrogen-bond acceptors (Lipinski definition) is 0. The molecule has 2 aliphatic carbocycles. The number of benzene rings is 1. The van der Waals surface area contributed by atoms with Crippen LogP contribution in [0.25, 0.3) is 5.57 Å². The first-order valence-corrected chi connectivity index (χ1v) is 7.40. The second kappa shape index (κ2) is 7.78. The van der Waals surface area contributed by atoms with Crippen LogP contribution in [0.1, 0.15) is 57.1 Å². The van der Waals surface area contributed by atoms with Crippen molar-refractivity contribution in [3.05, 3.63) is 66.3 Å². The van der Waals surface area contributed by atoms with E-state index >= 15 is 0 Å². The summed E-state index contributed by atoms with van der Waals surface area (Å²) in [4.78, 5) is 0. The summed E-state index contributed by atoms with van der Waals surface area (Å²) in [5.74, 6) is 0.660. The standard InChI is InChI=1S/C15H16.C2H6.C2H4/c1-2-11-12-7-3-5-9-14(12)15-10-6-4-8-13(11)15;2*1-2/h3-5,7-9,11H,2,6,10H2,1H3;1-2H3;1-2H2. The average molecular weight is 254 g/mol. The molecule has 0 bridgehead atoms. The van der Waals surface area contributed by atoms with Gasteiger partial charge in [0.25, 0.3) is 0 Å². The number of fused-ring (bicyclic) bond motifs is 2. The zero-order valence-electron chi connectivity index (χ0n) is 12.6. The quantitative estimate of drug-likeness (QED) is 0.529. The summed E-state index contributed by atoms with van der Waals surface area (Å²) in [5.41, 5.74) is 6.27. The van der Waals surface area contributed by atoms with Crippen LogP contribution in [0.2, 0.25) is 0 Å². The number of allylic oxidation sites excluding steroid dienone is 4. The minimum Gasteiger partial charge on any atom is -0.106 e. The minimum atomic E-state index is 0.660. The Morgan fingerprint density at radius 1 is 1.16 bits per heavy atom. The Bertz CT molecular complexity index is 463. The Balaban J connectivity index is 0.000000415. The van der Waals surface area contributed by atoms with E-state index in [0.29, 0.717) is 5.92 Å². The molecule has 2 aliphatic rings. The largest absolute Gasteiger partial charge is 0.106 e. The topological polar surface area (TPSA) is 0 Å². The van der Waals surface area contributed by atoms with Crippen molar-refractivity contribution in [2.24, 2.45) is 0 Å². The molecule has 0 saturated carbocycles.